The third kappa shape index (κ3) is 3.16. The zero-order valence-electron chi connectivity index (χ0n) is 13.8. The van der Waals surface area contributed by atoms with Gasteiger partial charge in [-0.05, 0) is 43.3 Å². The van der Waals surface area contributed by atoms with Gasteiger partial charge in [-0.25, -0.2) is 9.37 Å². The Bertz CT molecular complexity index is 953. The molecule has 2 aromatic heterocycles. The summed E-state index contributed by atoms with van der Waals surface area (Å²) in [6.07, 6.45) is 1.79. The quantitative estimate of drug-likeness (QED) is 0.517. The average Bonchev–Trinajstić information content (AvgIpc) is 3.27. The first kappa shape index (κ1) is 15.5. The molecule has 0 aliphatic heterocycles. The lowest BCUT2D eigenvalue weighted by Gasteiger charge is -2.11. The van der Waals surface area contributed by atoms with Crippen molar-refractivity contribution in [3.05, 3.63) is 71.9 Å². The summed E-state index contributed by atoms with van der Waals surface area (Å²) in [6, 6.07) is 14.4. The van der Waals surface area contributed by atoms with Gasteiger partial charge in [-0.2, -0.15) is 5.10 Å². The molecule has 0 amide bonds. The van der Waals surface area contributed by atoms with Gasteiger partial charge in [-0.1, -0.05) is 12.1 Å². The van der Waals surface area contributed by atoms with Crippen LogP contribution in [0.3, 0.4) is 0 Å². The first-order valence-electron chi connectivity index (χ1n) is 8.17. The van der Waals surface area contributed by atoms with Crippen LogP contribution in [0.1, 0.15) is 24.4 Å². The molecule has 0 aliphatic carbocycles. The maximum Gasteiger partial charge on any atom is 0.124 e. The second-order valence-corrected chi connectivity index (χ2v) is 6.02. The van der Waals surface area contributed by atoms with Gasteiger partial charge < -0.3 is 10.3 Å². The Balaban J connectivity index is 1.50. The van der Waals surface area contributed by atoms with Crippen molar-refractivity contribution in [3.63, 3.8) is 0 Å². The van der Waals surface area contributed by atoms with Crippen LogP contribution in [0, 0.1) is 5.82 Å². The van der Waals surface area contributed by atoms with E-state index in [1.54, 1.807) is 18.3 Å². The fraction of sp³-hybridized carbons (Fsp3) is 0.158. The Morgan fingerprint density at radius 2 is 1.92 bits per heavy atom. The zero-order chi connectivity index (χ0) is 17.2. The normalized spacial score (nSPS) is 12.6. The molecule has 0 fully saturated rings. The number of benzene rings is 2. The second kappa shape index (κ2) is 6.49. The molecule has 0 bridgehead atoms. The molecule has 2 aromatic carbocycles. The third-order valence-corrected chi connectivity index (χ3v) is 4.27. The summed E-state index contributed by atoms with van der Waals surface area (Å²) >= 11 is 0. The van der Waals surface area contributed by atoms with E-state index in [4.69, 9.17) is 0 Å². The van der Waals surface area contributed by atoms with Gasteiger partial charge in [-0.15, -0.1) is 0 Å². The van der Waals surface area contributed by atoms with E-state index >= 15 is 0 Å². The molecule has 1 atom stereocenters. The number of H-pyrrole nitrogens is 2. The largest absolute Gasteiger partial charge is 0.341 e. The summed E-state index contributed by atoms with van der Waals surface area (Å²) in [5, 5.41) is 10.6. The molecule has 0 spiro atoms. The minimum atomic E-state index is -0.249. The van der Waals surface area contributed by atoms with E-state index in [9.17, 15) is 4.39 Å². The number of hydrogen-bond donors (Lipinski definition) is 3. The molecule has 0 radical (unpaired) electrons. The second-order valence-electron chi connectivity index (χ2n) is 6.02. The summed E-state index contributed by atoms with van der Waals surface area (Å²) in [6.45, 7) is 2.69. The summed E-state index contributed by atoms with van der Waals surface area (Å²) in [4.78, 5) is 7.96. The van der Waals surface area contributed by atoms with Gasteiger partial charge in [-0.3, -0.25) is 5.10 Å². The number of rotatable bonds is 5. The molecule has 1 unspecified atom stereocenters. The highest BCUT2D eigenvalue weighted by molar-refractivity contribution is 5.74. The predicted molar refractivity (Wildman–Crippen MR) is 95.3 cm³/mol. The van der Waals surface area contributed by atoms with Crippen molar-refractivity contribution >= 4 is 11.0 Å². The molecule has 0 saturated heterocycles. The fourth-order valence-electron chi connectivity index (χ4n) is 2.85. The van der Waals surface area contributed by atoms with Crippen molar-refractivity contribution in [2.24, 2.45) is 0 Å². The summed E-state index contributed by atoms with van der Waals surface area (Å²) in [5.74, 6) is 0.648. The number of aromatic amines is 2. The molecular weight excluding hydrogens is 317 g/mol. The monoisotopic (exact) mass is 335 g/mol. The van der Waals surface area contributed by atoms with Gasteiger partial charge in [0.05, 0.1) is 29.0 Å². The molecular formula is C19H18FN5. The van der Waals surface area contributed by atoms with Crippen LogP contribution in [0.4, 0.5) is 4.39 Å². The number of imidazole rings is 1. The van der Waals surface area contributed by atoms with Crippen molar-refractivity contribution in [1.29, 1.82) is 0 Å². The Morgan fingerprint density at radius 3 is 2.72 bits per heavy atom. The van der Waals surface area contributed by atoms with Crippen LogP contribution >= 0.6 is 0 Å². The van der Waals surface area contributed by atoms with Crippen molar-refractivity contribution in [1.82, 2.24) is 25.5 Å². The van der Waals surface area contributed by atoms with Gasteiger partial charge in [0.1, 0.15) is 11.6 Å². The van der Waals surface area contributed by atoms with Crippen LogP contribution < -0.4 is 5.32 Å². The number of para-hydroxylation sites is 2. The Morgan fingerprint density at radius 1 is 1.12 bits per heavy atom. The highest BCUT2D eigenvalue weighted by Crippen LogP contribution is 2.22. The van der Waals surface area contributed by atoms with Crippen LogP contribution in [-0.4, -0.2) is 20.2 Å². The summed E-state index contributed by atoms with van der Waals surface area (Å²) < 4.78 is 13.1. The standard InChI is InChI=1S/C19H18FN5/c1-12(19-23-16-4-2-3-5-17(16)24-19)21-10-14-11-22-25-18(14)13-6-8-15(20)9-7-13/h2-9,11-12,21H,10H2,1H3,(H,22,25)(H,23,24). The van der Waals surface area contributed by atoms with Crippen molar-refractivity contribution in [2.75, 3.05) is 0 Å². The van der Waals surface area contributed by atoms with Gasteiger partial charge in [0, 0.05) is 17.7 Å². The van der Waals surface area contributed by atoms with E-state index in [0.717, 1.165) is 33.7 Å². The lowest BCUT2D eigenvalue weighted by molar-refractivity contribution is 0.553. The molecule has 5 nitrogen and oxygen atoms in total. The lowest BCUT2D eigenvalue weighted by Crippen LogP contribution is -2.19. The average molecular weight is 335 g/mol. The Kier molecular flexibility index (Phi) is 4.03. The maximum absolute atomic E-state index is 13.1. The number of fused-ring (bicyclic) bond motifs is 1. The predicted octanol–water partition coefficient (Wildman–Crippen LogP) is 3.94. The molecule has 126 valence electrons. The van der Waals surface area contributed by atoms with Crippen LogP contribution in [-0.2, 0) is 6.54 Å². The van der Waals surface area contributed by atoms with Gasteiger partial charge in [0.2, 0.25) is 0 Å². The van der Waals surface area contributed by atoms with Gasteiger partial charge in [0.15, 0.2) is 0 Å². The zero-order valence-corrected chi connectivity index (χ0v) is 13.8. The molecule has 6 heteroatoms. The van der Waals surface area contributed by atoms with E-state index in [2.05, 4.69) is 32.4 Å². The van der Waals surface area contributed by atoms with E-state index in [1.165, 1.54) is 12.1 Å². The minimum absolute atomic E-state index is 0.0587. The first-order chi connectivity index (χ1) is 12.2. The minimum Gasteiger partial charge on any atom is -0.341 e. The molecule has 4 rings (SSSR count). The topological polar surface area (TPSA) is 69.4 Å². The lowest BCUT2D eigenvalue weighted by atomic mass is 10.1. The maximum atomic E-state index is 13.1. The number of nitrogens with zero attached hydrogens (tertiary/aromatic N) is 2. The van der Waals surface area contributed by atoms with Gasteiger partial charge >= 0.3 is 0 Å². The third-order valence-electron chi connectivity index (χ3n) is 4.27. The SMILES string of the molecule is CC(NCc1cn[nH]c1-c1ccc(F)cc1)c1nc2ccccc2[nH]1. The van der Waals surface area contributed by atoms with Crippen LogP contribution in [0.25, 0.3) is 22.3 Å². The smallest absolute Gasteiger partial charge is 0.124 e. The Hall–Kier alpha value is -2.99. The molecule has 2 heterocycles. The molecule has 4 aromatic rings. The number of nitrogens with one attached hydrogen (secondary N) is 3. The molecule has 3 N–H and O–H groups in total. The van der Waals surface area contributed by atoms with Gasteiger partial charge in [0.25, 0.3) is 0 Å². The van der Waals surface area contributed by atoms with Crippen LogP contribution in [0.2, 0.25) is 0 Å². The number of halogens is 1. The molecule has 0 aliphatic rings. The summed E-state index contributed by atoms with van der Waals surface area (Å²) in [7, 11) is 0. The fourth-order valence-corrected chi connectivity index (χ4v) is 2.85. The molecule has 25 heavy (non-hydrogen) atoms. The highest BCUT2D eigenvalue weighted by atomic mass is 19.1. The van der Waals surface area contributed by atoms with Crippen molar-refractivity contribution in [3.8, 4) is 11.3 Å². The first-order valence-corrected chi connectivity index (χ1v) is 8.17. The van der Waals surface area contributed by atoms with E-state index in [1.807, 2.05) is 24.3 Å². The highest BCUT2D eigenvalue weighted by Gasteiger charge is 2.13. The Labute approximate surface area is 144 Å². The van der Waals surface area contributed by atoms with Crippen molar-refractivity contribution < 1.29 is 4.39 Å². The van der Waals surface area contributed by atoms with E-state index in [0.29, 0.717) is 6.54 Å². The van der Waals surface area contributed by atoms with Crippen LogP contribution in [0.15, 0.2) is 54.7 Å². The summed E-state index contributed by atoms with van der Waals surface area (Å²) in [5.41, 5.74) is 4.81. The van der Waals surface area contributed by atoms with Crippen LogP contribution in [0.5, 0.6) is 0 Å². The number of hydrogen-bond acceptors (Lipinski definition) is 3. The van der Waals surface area contributed by atoms with E-state index < -0.39 is 0 Å². The molecule has 0 saturated carbocycles. The van der Waals surface area contributed by atoms with Crippen molar-refractivity contribution in [2.45, 2.75) is 19.5 Å². The number of aromatic nitrogens is 4. The van der Waals surface area contributed by atoms with E-state index in [-0.39, 0.29) is 11.9 Å².